The number of alkyl carbamates (subject to hydrolysis) is 1. The number of nitrogens with one attached hydrogen (secondary N) is 1. The molecule has 1 atom stereocenters. The van der Waals surface area contributed by atoms with Crippen molar-refractivity contribution in [2.75, 3.05) is 13.7 Å². The van der Waals surface area contributed by atoms with Crippen LogP contribution in [0.15, 0.2) is 18.2 Å². The summed E-state index contributed by atoms with van der Waals surface area (Å²) < 4.78 is 48.1. The second-order valence-electron chi connectivity index (χ2n) is 3.75. The molecule has 1 aromatic carbocycles. The Balaban J connectivity index is 2.43. The summed E-state index contributed by atoms with van der Waals surface area (Å²) in [6, 6.07) is 2.80. The molecular weight excluding hydrogens is 251 g/mol. The topological polar surface area (TPSA) is 47.6 Å². The van der Waals surface area contributed by atoms with Crippen LogP contribution in [0, 0.1) is 0 Å². The van der Waals surface area contributed by atoms with Crippen LogP contribution >= 0.6 is 0 Å². The van der Waals surface area contributed by atoms with Crippen molar-refractivity contribution in [2.24, 2.45) is 0 Å². The summed E-state index contributed by atoms with van der Waals surface area (Å²) in [6.07, 6.45) is -5.24. The molecule has 1 amide bonds. The summed E-state index contributed by atoms with van der Waals surface area (Å²) in [7, 11) is 1.29. The summed E-state index contributed by atoms with van der Waals surface area (Å²) in [5.41, 5.74) is -0.869. The first-order chi connectivity index (χ1) is 8.41. The Kier molecular flexibility index (Phi) is 3.06. The third-order valence-electron chi connectivity index (χ3n) is 2.61. The van der Waals surface area contributed by atoms with E-state index in [0.717, 1.165) is 6.07 Å². The molecule has 0 aromatic heterocycles. The number of benzene rings is 1. The third-order valence-corrected chi connectivity index (χ3v) is 2.61. The average molecular weight is 261 g/mol. The highest BCUT2D eigenvalue weighted by Gasteiger charge is 2.37. The van der Waals surface area contributed by atoms with E-state index in [4.69, 9.17) is 4.74 Å². The summed E-state index contributed by atoms with van der Waals surface area (Å²) in [5.74, 6) is 0.108. The number of carbonyl (C=O) groups excluding carboxylic acids is 1. The van der Waals surface area contributed by atoms with Crippen molar-refractivity contribution in [2.45, 2.75) is 12.2 Å². The minimum atomic E-state index is -4.52. The number of alkyl halides is 3. The first-order valence-corrected chi connectivity index (χ1v) is 5.10. The Morgan fingerprint density at radius 3 is 2.67 bits per heavy atom. The quantitative estimate of drug-likeness (QED) is 0.889. The molecule has 1 aromatic rings. The van der Waals surface area contributed by atoms with Crippen molar-refractivity contribution < 1.29 is 27.4 Å². The maximum Gasteiger partial charge on any atom is 0.416 e. The van der Waals surface area contributed by atoms with Crippen LogP contribution in [0.5, 0.6) is 5.75 Å². The molecule has 1 N–H and O–H groups in total. The van der Waals surface area contributed by atoms with E-state index >= 15 is 0 Å². The first kappa shape index (κ1) is 12.5. The predicted molar refractivity (Wildman–Crippen MR) is 55.2 cm³/mol. The van der Waals surface area contributed by atoms with E-state index in [9.17, 15) is 18.0 Å². The normalized spacial score (nSPS) is 19.3. The number of hydrogen-bond acceptors (Lipinski definition) is 3. The lowest BCUT2D eigenvalue weighted by molar-refractivity contribution is -0.138. The number of halogens is 3. The summed E-state index contributed by atoms with van der Waals surface area (Å²) in [5, 5.41) is 2.32. The molecule has 7 heteroatoms. The van der Waals surface area contributed by atoms with E-state index in [1.807, 2.05) is 0 Å². The van der Waals surface area contributed by atoms with Gasteiger partial charge < -0.3 is 14.8 Å². The number of cyclic esters (lactones) is 1. The maximum absolute atomic E-state index is 12.9. The number of hydrogen-bond donors (Lipinski definition) is 1. The van der Waals surface area contributed by atoms with E-state index in [0.29, 0.717) is 0 Å². The zero-order valence-electron chi connectivity index (χ0n) is 9.38. The molecule has 1 heterocycles. The lowest BCUT2D eigenvalue weighted by Crippen LogP contribution is -2.22. The van der Waals surface area contributed by atoms with Crippen LogP contribution in [-0.2, 0) is 10.9 Å². The minimum absolute atomic E-state index is 0.0332. The van der Waals surface area contributed by atoms with Crippen LogP contribution in [0.25, 0.3) is 0 Å². The molecule has 1 aliphatic heterocycles. The van der Waals surface area contributed by atoms with Gasteiger partial charge in [0.15, 0.2) is 0 Å². The second kappa shape index (κ2) is 4.40. The molecule has 0 bridgehead atoms. The molecular formula is C11H10F3NO3. The maximum atomic E-state index is 12.9. The molecule has 0 unspecified atom stereocenters. The van der Waals surface area contributed by atoms with E-state index in [2.05, 4.69) is 10.1 Å². The fourth-order valence-corrected chi connectivity index (χ4v) is 1.76. The molecule has 1 saturated heterocycles. The van der Waals surface area contributed by atoms with Crippen LogP contribution in [-0.4, -0.2) is 19.8 Å². The monoisotopic (exact) mass is 261 g/mol. The Morgan fingerprint density at radius 2 is 2.17 bits per heavy atom. The molecule has 0 saturated carbocycles. The van der Waals surface area contributed by atoms with Crippen LogP contribution in [0.4, 0.5) is 18.0 Å². The van der Waals surface area contributed by atoms with E-state index in [-0.39, 0.29) is 17.9 Å². The first-order valence-electron chi connectivity index (χ1n) is 5.10. The van der Waals surface area contributed by atoms with Crippen LogP contribution < -0.4 is 10.1 Å². The van der Waals surface area contributed by atoms with Crippen LogP contribution in [0.2, 0.25) is 0 Å². The SMILES string of the molecule is COc1ccc([C@H]2COC(=O)N2)c(C(F)(F)F)c1. The van der Waals surface area contributed by atoms with Crippen molar-refractivity contribution in [1.82, 2.24) is 5.32 Å². The zero-order chi connectivity index (χ0) is 13.3. The van der Waals surface area contributed by atoms with Crippen molar-refractivity contribution >= 4 is 6.09 Å². The smallest absolute Gasteiger partial charge is 0.416 e. The van der Waals surface area contributed by atoms with E-state index in [1.54, 1.807) is 0 Å². The number of methoxy groups -OCH3 is 1. The molecule has 4 nitrogen and oxygen atoms in total. The Morgan fingerprint density at radius 1 is 1.44 bits per heavy atom. The molecule has 1 aliphatic rings. The molecule has 18 heavy (non-hydrogen) atoms. The number of ether oxygens (including phenoxy) is 2. The summed E-state index contributed by atoms with van der Waals surface area (Å²) in [4.78, 5) is 10.9. The summed E-state index contributed by atoms with van der Waals surface area (Å²) >= 11 is 0. The molecule has 2 rings (SSSR count). The lowest BCUT2D eigenvalue weighted by atomic mass is 10.0. The van der Waals surface area contributed by atoms with Gasteiger partial charge in [-0.2, -0.15) is 13.2 Å². The van der Waals surface area contributed by atoms with Gasteiger partial charge in [0.25, 0.3) is 0 Å². The van der Waals surface area contributed by atoms with Gasteiger partial charge in [-0.1, -0.05) is 6.07 Å². The molecule has 98 valence electrons. The highest BCUT2D eigenvalue weighted by Crippen LogP contribution is 2.37. The van der Waals surface area contributed by atoms with Gasteiger partial charge in [-0.25, -0.2) is 4.79 Å². The second-order valence-corrected chi connectivity index (χ2v) is 3.75. The standard InChI is InChI=1S/C11H10F3NO3/c1-17-6-2-3-7(8(4-6)11(12,13)14)9-5-18-10(16)15-9/h2-4,9H,5H2,1H3,(H,15,16)/t9-/m1/s1. The van der Waals surface area contributed by atoms with Gasteiger partial charge in [0.2, 0.25) is 0 Å². The summed E-state index contributed by atoms with van der Waals surface area (Å²) in [6.45, 7) is -0.117. The van der Waals surface area contributed by atoms with Crippen LogP contribution in [0.1, 0.15) is 17.2 Å². The van der Waals surface area contributed by atoms with Crippen LogP contribution in [0.3, 0.4) is 0 Å². The van der Waals surface area contributed by atoms with Gasteiger partial charge in [-0.3, -0.25) is 0 Å². The van der Waals surface area contributed by atoms with Crippen molar-refractivity contribution in [3.05, 3.63) is 29.3 Å². The highest BCUT2D eigenvalue weighted by atomic mass is 19.4. The average Bonchev–Trinajstić information content (AvgIpc) is 2.74. The largest absolute Gasteiger partial charge is 0.497 e. The predicted octanol–water partition coefficient (Wildman–Crippen LogP) is 2.49. The molecule has 1 fully saturated rings. The Labute approximate surface area is 101 Å². The fraction of sp³-hybridized carbons (Fsp3) is 0.364. The van der Waals surface area contributed by atoms with E-state index in [1.165, 1.54) is 19.2 Å². The Bertz CT molecular complexity index is 473. The number of rotatable bonds is 2. The van der Waals surface area contributed by atoms with E-state index < -0.39 is 23.9 Å². The lowest BCUT2D eigenvalue weighted by Gasteiger charge is -2.17. The van der Waals surface area contributed by atoms with Gasteiger partial charge in [0, 0.05) is 0 Å². The number of amides is 1. The van der Waals surface area contributed by atoms with Gasteiger partial charge in [0.05, 0.1) is 18.7 Å². The highest BCUT2D eigenvalue weighted by molar-refractivity contribution is 5.70. The third kappa shape index (κ3) is 2.34. The minimum Gasteiger partial charge on any atom is -0.497 e. The molecule has 0 aliphatic carbocycles. The van der Waals surface area contributed by atoms with Gasteiger partial charge in [-0.15, -0.1) is 0 Å². The molecule has 0 spiro atoms. The fourth-order valence-electron chi connectivity index (χ4n) is 1.76. The van der Waals surface area contributed by atoms with Gasteiger partial charge in [-0.05, 0) is 17.7 Å². The van der Waals surface area contributed by atoms with Crippen molar-refractivity contribution in [3.63, 3.8) is 0 Å². The Hall–Kier alpha value is -1.92. The van der Waals surface area contributed by atoms with Crippen molar-refractivity contribution in [1.29, 1.82) is 0 Å². The zero-order valence-corrected chi connectivity index (χ0v) is 9.38. The molecule has 0 radical (unpaired) electrons. The van der Waals surface area contributed by atoms with Gasteiger partial charge in [0.1, 0.15) is 12.4 Å². The van der Waals surface area contributed by atoms with Gasteiger partial charge >= 0.3 is 12.3 Å². The number of carbonyl (C=O) groups is 1. The van der Waals surface area contributed by atoms with Crippen molar-refractivity contribution in [3.8, 4) is 5.75 Å².